The van der Waals surface area contributed by atoms with E-state index < -0.39 is 12.2 Å². The number of β-amino-alcohol motifs (C(OH)–C–C–N with tert-alkyl or cyclic N) is 1. The van der Waals surface area contributed by atoms with Crippen LogP contribution in [0.2, 0.25) is 10.0 Å². The Morgan fingerprint density at radius 1 is 1.44 bits per heavy atom. The molecule has 1 atom stereocenters. The number of aliphatic hydroxyl groups is 1. The number of cyclic esters (lactones) is 1. The number of aliphatic hydroxyl groups excluding tert-OH is 1. The Morgan fingerprint density at radius 3 is 2.83 bits per heavy atom. The maximum Gasteiger partial charge on any atom is 0.410 e. The van der Waals surface area contributed by atoms with E-state index in [0.29, 0.717) is 0 Å². The maximum absolute atomic E-state index is 11.5. The van der Waals surface area contributed by atoms with E-state index in [0.717, 1.165) is 0 Å². The highest BCUT2D eigenvalue weighted by molar-refractivity contribution is 6.42. The van der Waals surface area contributed by atoms with Crippen molar-refractivity contribution in [3.8, 4) is 5.75 Å². The highest BCUT2D eigenvalue weighted by Gasteiger charge is 2.35. The molecule has 1 aliphatic heterocycles. The molecular formula is C11H11Cl2NO4. The first-order chi connectivity index (χ1) is 8.54. The van der Waals surface area contributed by atoms with Gasteiger partial charge in [-0.25, -0.2) is 4.79 Å². The number of hydrogen-bond donors (Lipinski definition) is 2. The van der Waals surface area contributed by atoms with Gasteiger partial charge in [-0.15, -0.1) is 0 Å². The molecule has 0 bridgehead atoms. The van der Waals surface area contributed by atoms with E-state index in [1.807, 2.05) is 0 Å². The van der Waals surface area contributed by atoms with Gasteiger partial charge >= 0.3 is 6.09 Å². The third-order valence-corrected chi connectivity index (χ3v) is 3.51. The molecule has 0 unspecified atom stereocenters. The van der Waals surface area contributed by atoms with E-state index in [1.54, 1.807) is 0 Å². The number of hydrogen-bond acceptors (Lipinski definition) is 4. The van der Waals surface area contributed by atoms with Crippen molar-refractivity contribution in [2.24, 2.45) is 0 Å². The number of phenols is 1. The van der Waals surface area contributed by atoms with Crippen LogP contribution < -0.4 is 0 Å². The number of benzene rings is 1. The molecule has 1 aliphatic rings. The fraction of sp³-hybridized carbons (Fsp3) is 0.364. The first kappa shape index (κ1) is 13.3. The van der Waals surface area contributed by atoms with Gasteiger partial charge in [0.2, 0.25) is 0 Å². The van der Waals surface area contributed by atoms with Gasteiger partial charge in [-0.3, -0.25) is 0 Å². The first-order valence-electron chi connectivity index (χ1n) is 5.28. The third kappa shape index (κ3) is 2.34. The van der Waals surface area contributed by atoms with E-state index in [2.05, 4.69) is 0 Å². The SMILES string of the molecule is O=C1O[C@H](c2c(O)ccc(Cl)c2Cl)CN1CCO. The number of aromatic hydroxyl groups is 1. The fourth-order valence-corrected chi connectivity index (χ4v) is 2.27. The standard InChI is InChI=1S/C11H11Cl2NO4/c12-6-1-2-7(16)9(10(6)13)8-5-14(3-4-15)11(17)18-8/h1-2,8,15-16H,3-5H2/t8-/m0/s1. The molecule has 0 radical (unpaired) electrons. The lowest BCUT2D eigenvalue weighted by molar-refractivity contribution is 0.129. The Hall–Kier alpha value is -1.17. The van der Waals surface area contributed by atoms with E-state index in [9.17, 15) is 9.90 Å². The monoisotopic (exact) mass is 291 g/mol. The molecule has 1 saturated heterocycles. The van der Waals surface area contributed by atoms with Crippen LogP contribution in [0.4, 0.5) is 4.79 Å². The van der Waals surface area contributed by atoms with Crippen LogP contribution in [0.5, 0.6) is 5.75 Å². The summed E-state index contributed by atoms with van der Waals surface area (Å²) in [5.74, 6) is -0.0759. The lowest BCUT2D eigenvalue weighted by atomic mass is 10.1. The van der Waals surface area contributed by atoms with Gasteiger partial charge in [0.1, 0.15) is 5.75 Å². The summed E-state index contributed by atoms with van der Waals surface area (Å²) < 4.78 is 5.10. The molecular weight excluding hydrogens is 281 g/mol. The molecule has 1 fully saturated rings. The summed E-state index contributed by atoms with van der Waals surface area (Å²) in [6, 6.07) is 2.86. The summed E-state index contributed by atoms with van der Waals surface area (Å²) in [5.41, 5.74) is 0.290. The van der Waals surface area contributed by atoms with Gasteiger partial charge in [-0.05, 0) is 12.1 Å². The Morgan fingerprint density at radius 2 is 2.17 bits per heavy atom. The van der Waals surface area contributed by atoms with E-state index in [4.69, 9.17) is 33.0 Å². The van der Waals surface area contributed by atoms with Crippen LogP contribution in [0.15, 0.2) is 12.1 Å². The minimum atomic E-state index is -0.685. The molecule has 18 heavy (non-hydrogen) atoms. The summed E-state index contributed by atoms with van der Waals surface area (Å²) in [4.78, 5) is 12.8. The molecule has 0 aromatic heterocycles. The van der Waals surface area contributed by atoms with Gasteiger partial charge in [0.15, 0.2) is 6.10 Å². The van der Waals surface area contributed by atoms with Crippen LogP contribution in [-0.2, 0) is 4.74 Å². The van der Waals surface area contributed by atoms with Gasteiger partial charge in [0, 0.05) is 6.54 Å². The van der Waals surface area contributed by atoms with Gasteiger partial charge in [-0.1, -0.05) is 23.2 Å². The predicted molar refractivity (Wildman–Crippen MR) is 66.0 cm³/mol. The smallest absolute Gasteiger partial charge is 0.410 e. The molecule has 1 amide bonds. The van der Waals surface area contributed by atoms with Crippen LogP contribution in [0.3, 0.4) is 0 Å². The van der Waals surface area contributed by atoms with Crippen LogP contribution in [0, 0.1) is 0 Å². The van der Waals surface area contributed by atoms with Crippen molar-refractivity contribution < 1.29 is 19.7 Å². The van der Waals surface area contributed by atoms with Crippen LogP contribution in [-0.4, -0.2) is 40.9 Å². The van der Waals surface area contributed by atoms with Crippen molar-refractivity contribution in [3.05, 3.63) is 27.7 Å². The van der Waals surface area contributed by atoms with Gasteiger partial charge in [0.05, 0.1) is 28.8 Å². The number of halogens is 2. The maximum atomic E-state index is 11.5. The number of amides is 1. The minimum Gasteiger partial charge on any atom is -0.507 e. The van der Waals surface area contributed by atoms with Crippen molar-refractivity contribution >= 4 is 29.3 Å². The zero-order valence-corrected chi connectivity index (χ0v) is 10.8. The summed E-state index contributed by atoms with van der Waals surface area (Å²) in [6.45, 7) is 0.234. The third-order valence-electron chi connectivity index (χ3n) is 2.69. The molecule has 2 rings (SSSR count). The predicted octanol–water partition coefficient (Wildman–Crippen LogP) is 2.18. The number of carbonyl (C=O) groups excluding carboxylic acids is 1. The van der Waals surface area contributed by atoms with E-state index in [1.165, 1.54) is 17.0 Å². The quantitative estimate of drug-likeness (QED) is 0.896. The highest BCUT2D eigenvalue weighted by atomic mass is 35.5. The molecule has 7 heteroatoms. The molecule has 0 spiro atoms. The van der Waals surface area contributed by atoms with Crippen molar-refractivity contribution in [2.75, 3.05) is 19.7 Å². The van der Waals surface area contributed by atoms with Gasteiger partial charge in [0.25, 0.3) is 0 Å². The normalized spacial score (nSPS) is 19.2. The molecule has 5 nitrogen and oxygen atoms in total. The molecule has 0 aliphatic carbocycles. The second kappa shape index (κ2) is 5.22. The number of carbonyl (C=O) groups is 1. The Balaban J connectivity index is 2.29. The van der Waals surface area contributed by atoms with Crippen LogP contribution in [0.1, 0.15) is 11.7 Å². The number of phenolic OH excluding ortho intramolecular Hbond substituents is 1. The van der Waals surface area contributed by atoms with E-state index in [-0.39, 0.29) is 41.1 Å². The van der Waals surface area contributed by atoms with Crippen LogP contribution >= 0.6 is 23.2 Å². The summed E-state index contributed by atoms with van der Waals surface area (Å²) >= 11 is 11.9. The lowest BCUT2D eigenvalue weighted by Gasteiger charge is -2.14. The lowest BCUT2D eigenvalue weighted by Crippen LogP contribution is -2.27. The van der Waals surface area contributed by atoms with E-state index >= 15 is 0 Å². The molecule has 98 valence electrons. The van der Waals surface area contributed by atoms with Crippen molar-refractivity contribution in [2.45, 2.75) is 6.10 Å². The average molecular weight is 292 g/mol. The zero-order chi connectivity index (χ0) is 13.3. The second-order valence-corrected chi connectivity index (χ2v) is 4.62. The number of ether oxygens (including phenoxy) is 1. The molecule has 1 heterocycles. The van der Waals surface area contributed by atoms with Crippen LogP contribution in [0.25, 0.3) is 0 Å². The minimum absolute atomic E-state index is 0.0759. The molecule has 2 N–H and O–H groups in total. The second-order valence-electron chi connectivity index (χ2n) is 3.84. The van der Waals surface area contributed by atoms with Crippen molar-refractivity contribution in [1.82, 2.24) is 4.90 Å². The molecule has 0 saturated carbocycles. The molecule has 1 aromatic carbocycles. The molecule has 1 aromatic rings. The average Bonchev–Trinajstić information content (AvgIpc) is 2.67. The Labute approximate surface area is 113 Å². The van der Waals surface area contributed by atoms with Crippen molar-refractivity contribution in [3.63, 3.8) is 0 Å². The summed E-state index contributed by atoms with van der Waals surface area (Å²) in [6.07, 6.45) is -1.24. The fourth-order valence-electron chi connectivity index (χ4n) is 1.82. The van der Waals surface area contributed by atoms with Gasteiger partial charge in [-0.2, -0.15) is 0 Å². The number of rotatable bonds is 3. The Bertz CT molecular complexity index is 480. The van der Waals surface area contributed by atoms with Gasteiger partial charge < -0.3 is 19.8 Å². The summed E-state index contributed by atoms with van der Waals surface area (Å²) in [7, 11) is 0. The summed E-state index contributed by atoms with van der Waals surface area (Å²) in [5, 5.41) is 19.0. The largest absolute Gasteiger partial charge is 0.507 e. The number of nitrogens with zero attached hydrogens (tertiary/aromatic N) is 1. The zero-order valence-electron chi connectivity index (χ0n) is 9.27. The highest BCUT2D eigenvalue weighted by Crippen LogP contribution is 2.40. The Kier molecular flexibility index (Phi) is 3.85. The van der Waals surface area contributed by atoms with Crippen molar-refractivity contribution in [1.29, 1.82) is 0 Å². The first-order valence-corrected chi connectivity index (χ1v) is 6.03. The topological polar surface area (TPSA) is 70.0 Å².